The highest BCUT2D eigenvalue weighted by Crippen LogP contribution is 2.26. The summed E-state index contributed by atoms with van der Waals surface area (Å²) in [5.41, 5.74) is 1.77. The van der Waals surface area contributed by atoms with Gasteiger partial charge in [0.05, 0.1) is 14.8 Å². The molecule has 0 amide bonds. The second-order valence-corrected chi connectivity index (χ2v) is 9.03. The SMILES string of the molecule is O=P(O)(O)O.O=P(O)(O)O.[2H]C([2H])(O)C([2H])([2H])N(CC)CCC[C@H](C)Nc1ccnc2cc(Cl)ccc12. The van der Waals surface area contributed by atoms with Gasteiger partial charge in [-0.2, -0.15) is 0 Å². The molecule has 0 aliphatic heterocycles. The van der Waals surface area contributed by atoms with E-state index in [1.54, 1.807) is 13.1 Å². The van der Waals surface area contributed by atoms with E-state index in [4.69, 9.17) is 55.6 Å². The predicted molar refractivity (Wildman–Crippen MR) is 127 cm³/mol. The van der Waals surface area contributed by atoms with Crippen LogP contribution in [0.3, 0.4) is 0 Å². The zero-order valence-electron chi connectivity index (χ0n) is 21.9. The van der Waals surface area contributed by atoms with Gasteiger partial charge in [-0.15, -0.1) is 0 Å². The van der Waals surface area contributed by atoms with Gasteiger partial charge in [0, 0.05) is 37.6 Å². The Hall–Kier alpha value is -1.14. The van der Waals surface area contributed by atoms with Crippen LogP contribution in [0.2, 0.25) is 5.02 Å². The first kappa shape index (κ1) is 25.0. The Labute approximate surface area is 203 Å². The average Bonchev–Trinajstić information content (AvgIpc) is 2.67. The van der Waals surface area contributed by atoms with Gasteiger partial charge < -0.3 is 44.7 Å². The molecular weight excluding hydrogens is 500 g/mol. The number of halogens is 1. The van der Waals surface area contributed by atoms with E-state index in [1.165, 1.54) is 4.90 Å². The van der Waals surface area contributed by atoms with Crippen molar-refractivity contribution < 1.29 is 49.1 Å². The van der Waals surface area contributed by atoms with Crippen LogP contribution >= 0.6 is 27.2 Å². The summed E-state index contributed by atoms with van der Waals surface area (Å²) in [6.07, 6.45) is 3.15. The quantitative estimate of drug-likeness (QED) is 0.217. The fourth-order valence-electron chi connectivity index (χ4n) is 2.54. The summed E-state index contributed by atoms with van der Waals surface area (Å²) >= 11 is 6.02. The van der Waals surface area contributed by atoms with Crippen molar-refractivity contribution in [3.63, 3.8) is 0 Å². The fraction of sp³-hybridized carbons (Fsp3) is 0.500. The summed E-state index contributed by atoms with van der Waals surface area (Å²) in [7, 11) is -9.28. The molecule has 0 saturated heterocycles. The first-order valence-electron chi connectivity index (χ1n) is 11.4. The average molecular weight is 536 g/mol. The maximum Gasteiger partial charge on any atom is 0.466 e. The molecule has 15 heteroatoms. The molecule has 0 radical (unpaired) electrons. The minimum atomic E-state index is -4.64. The van der Waals surface area contributed by atoms with Gasteiger partial charge in [-0.3, -0.25) is 4.98 Å². The molecule has 0 aliphatic rings. The Morgan fingerprint density at radius 1 is 1.15 bits per heavy atom. The van der Waals surface area contributed by atoms with Gasteiger partial charge in [-0.25, -0.2) is 9.13 Å². The molecule has 2 rings (SSSR count). The van der Waals surface area contributed by atoms with E-state index in [0.717, 1.165) is 23.0 Å². The molecule has 12 nitrogen and oxygen atoms in total. The van der Waals surface area contributed by atoms with Crippen molar-refractivity contribution >= 4 is 43.8 Å². The van der Waals surface area contributed by atoms with E-state index in [2.05, 4.69) is 10.3 Å². The molecule has 0 spiro atoms. The second kappa shape index (κ2) is 15.7. The summed E-state index contributed by atoms with van der Waals surface area (Å²) in [4.78, 5) is 48.8. The Morgan fingerprint density at radius 3 is 2.24 bits per heavy atom. The number of pyridine rings is 1. The van der Waals surface area contributed by atoms with Crippen LogP contribution in [0.15, 0.2) is 30.5 Å². The number of hydrogen-bond acceptors (Lipinski definition) is 6. The summed E-state index contributed by atoms with van der Waals surface area (Å²) < 4.78 is 48.1. The summed E-state index contributed by atoms with van der Waals surface area (Å²) in [5.74, 6) is 0. The van der Waals surface area contributed by atoms with Gasteiger partial charge in [-0.1, -0.05) is 18.5 Å². The lowest BCUT2D eigenvalue weighted by molar-refractivity contribution is 0.199. The molecule has 190 valence electrons. The number of rotatable bonds is 9. The Morgan fingerprint density at radius 2 is 1.73 bits per heavy atom. The van der Waals surface area contributed by atoms with Crippen molar-refractivity contribution in [2.45, 2.75) is 32.7 Å². The fourth-order valence-corrected chi connectivity index (χ4v) is 2.70. The summed E-state index contributed by atoms with van der Waals surface area (Å²) in [6, 6.07) is 7.60. The van der Waals surface area contributed by atoms with E-state index < -0.39 is 28.7 Å². The molecule has 1 aromatic carbocycles. The number of fused-ring (bicyclic) bond motifs is 1. The number of hydrogen-bond donors (Lipinski definition) is 8. The van der Waals surface area contributed by atoms with Crippen LogP contribution in [0.1, 0.15) is 32.2 Å². The Bertz CT molecular complexity index is 1050. The van der Waals surface area contributed by atoms with Crippen LogP contribution in [-0.2, 0) is 9.13 Å². The monoisotopic (exact) mass is 535 g/mol. The van der Waals surface area contributed by atoms with E-state index in [1.807, 2.05) is 31.2 Å². The molecule has 0 fully saturated rings. The van der Waals surface area contributed by atoms with E-state index in [0.29, 0.717) is 24.5 Å². The molecule has 2 aromatic rings. The van der Waals surface area contributed by atoms with Crippen LogP contribution in [0.25, 0.3) is 10.9 Å². The lowest BCUT2D eigenvalue weighted by Gasteiger charge is -2.21. The van der Waals surface area contributed by atoms with Crippen molar-refractivity contribution in [1.82, 2.24) is 9.88 Å². The number of nitrogens with zero attached hydrogens (tertiary/aromatic N) is 2. The second-order valence-electron chi connectivity index (χ2n) is 6.54. The van der Waals surface area contributed by atoms with Crippen molar-refractivity contribution in [3.05, 3.63) is 35.5 Å². The molecule has 0 bridgehead atoms. The van der Waals surface area contributed by atoms with Crippen molar-refractivity contribution in [1.29, 1.82) is 0 Å². The topological polar surface area (TPSA) is 204 Å². The number of aromatic nitrogens is 1. The number of aliphatic hydroxyl groups is 1. The lowest BCUT2D eigenvalue weighted by Crippen LogP contribution is -2.28. The highest BCUT2D eigenvalue weighted by Gasteiger charge is 2.08. The van der Waals surface area contributed by atoms with Crippen molar-refractivity contribution in [2.75, 3.05) is 31.5 Å². The zero-order chi connectivity index (χ0) is 29.2. The number of benzene rings is 1. The van der Waals surface area contributed by atoms with Gasteiger partial charge in [0.25, 0.3) is 0 Å². The maximum atomic E-state index is 9.46. The zero-order valence-corrected chi connectivity index (χ0v) is 20.5. The van der Waals surface area contributed by atoms with E-state index in [-0.39, 0.29) is 6.04 Å². The molecule has 33 heavy (non-hydrogen) atoms. The third kappa shape index (κ3) is 18.9. The maximum absolute atomic E-state index is 9.46. The predicted octanol–water partition coefficient (Wildman–Crippen LogP) is 1.93. The van der Waals surface area contributed by atoms with Crippen molar-refractivity contribution in [3.8, 4) is 0 Å². The van der Waals surface area contributed by atoms with Gasteiger partial charge in [0.2, 0.25) is 0 Å². The molecule has 1 aromatic heterocycles. The molecule has 1 heterocycles. The Kier molecular flexibility index (Phi) is 11.9. The summed E-state index contributed by atoms with van der Waals surface area (Å²) in [6.45, 7) is -0.895. The van der Waals surface area contributed by atoms with Gasteiger partial charge in [0.15, 0.2) is 0 Å². The number of likely N-dealkylation sites (N-methyl/N-ethyl adjacent to an activating group) is 1. The standard InChI is InChI=1S/C18H26ClN3O.2H3O4P/c1-3-22(11-12-23)10-4-5-14(2)21-17-8-9-20-18-13-15(19)6-7-16(17)18;2*1-5(2,3)4/h6-9,13-14,23H,3-5,10-12H2,1-2H3,(H,20,21);2*(H3,1,2,3,4)/t14-;;/m0../s1/i11D2,12D2;;. The van der Waals surface area contributed by atoms with E-state index >= 15 is 0 Å². The van der Waals surface area contributed by atoms with Gasteiger partial charge in [0.1, 0.15) is 0 Å². The van der Waals surface area contributed by atoms with Crippen LogP contribution in [-0.4, -0.2) is 76.5 Å². The first-order chi connectivity index (χ1) is 16.6. The minimum Gasteiger partial charge on any atom is -0.395 e. The number of nitrogens with one attached hydrogen (secondary N) is 1. The molecule has 0 aliphatic carbocycles. The highest BCUT2D eigenvalue weighted by molar-refractivity contribution is 7.45. The minimum absolute atomic E-state index is 0.127. The Balaban J connectivity index is 0.00000110. The molecule has 0 saturated carbocycles. The summed E-state index contributed by atoms with van der Waals surface area (Å²) in [5, 5.41) is 14.5. The largest absolute Gasteiger partial charge is 0.466 e. The molecular formula is C18H32ClN3O9P2. The normalized spacial score (nSPS) is 15.1. The first-order valence-corrected chi connectivity index (χ1v) is 12.9. The van der Waals surface area contributed by atoms with Crippen molar-refractivity contribution in [2.24, 2.45) is 0 Å². The van der Waals surface area contributed by atoms with Gasteiger partial charge >= 0.3 is 15.6 Å². The third-order valence-electron chi connectivity index (χ3n) is 3.76. The molecule has 1 atom stereocenters. The lowest BCUT2D eigenvalue weighted by atomic mass is 10.1. The number of anilines is 1. The molecule has 0 unspecified atom stereocenters. The number of phosphoric acid groups is 2. The van der Waals surface area contributed by atoms with Crippen LogP contribution < -0.4 is 5.32 Å². The third-order valence-corrected chi connectivity index (χ3v) is 4.00. The smallest absolute Gasteiger partial charge is 0.395 e. The molecule has 8 N–H and O–H groups in total. The highest BCUT2D eigenvalue weighted by atomic mass is 35.5. The van der Waals surface area contributed by atoms with E-state index in [9.17, 15) is 5.11 Å². The van der Waals surface area contributed by atoms with Crippen LogP contribution in [0.4, 0.5) is 5.69 Å². The van der Waals surface area contributed by atoms with Gasteiger partial charge in [-0.05, 0) is 57.1 Å². The van der Waals surface area contributed by atoms with Crippen LogP contribution in [0.5, 0.6) is 0 Å². The van der Waals surface area contributed by atoms with Crippen LogP contribution in [0, 0.1) is 0 Å².